The molecule has 0 aliphatic heterocycles. The zero-order chi connectivity index (χ0) is 14.0. The fraction of sp³-hybridized carbons (Fsp3) is 0.385. The number of rotatable bonds is 4. The lowest BCUT2D eigenvalue weighted by Gasteiger charge is -2.17. The van der Waals surface area contributed by atoms with Gasteiger partial charge in [0, 0.05) is 13.0 Å². The van der Waals surface area contributed by atoms with Crippen LogP contribution in [0.5, 0.6) is 0 Å². The Balaban J connectivity index is 2.18. The minimum Gasteiger partial charge on any atom is -0.328 e. The molecule has 0 saturated heterocycles. The van der Waals surface area contributed by atoms with Gasteiger partial charge in [0.1, 0.15) is 16.6 Å². The topological polar surface area (TPSA) is 77.8 Å². The average molecular weight is 280 g/mol. The molecule has 0 bridgehead atoms. The lowest BCUT2D eigenvalue weighted by molar-refractivity contribution is 0.503. The highest BCUT2D eigenvalue weighted by atomic mass is 32.1. The van der Waals surface area contributed by atoms with Crippen LogP contribution in [-0.2, 0) is 12.0 Å². The predicted octanol–water partition coefficient (Wildman–Crippen LogP) is 1.71. The number of nitrogens with zero attached hydrogens (tertiary/aromatic N) is 2. The van der Waals surface area contributed by atoms with Crippen molar-refractivity contribution < 1.29 is 4.39 Å². The smallest absolute Gasteiger partial charge is 0.147 e. The molecule has 0 aliphatic carbocycles. The molecule has 0 aliphatic rings. The number of hydrogen-bond donors (Lipinski definition) is 2. The second-order valence-corrected chi connectivity index (χ2v) is 5.65. The summed E-state index contributed by atoms with van der Waals surface area (Å²) in [7, 11) is 0. The van der Waals surface area contributed by atoms with Crippen molar-refractivity contribution in [2.75, 3.05) is 6.54 Å². The van der Waals surface area contributed by atoms with E-state index in [1.807, 2.05) is 6.92 Å². The first-order valence-electron chi connectivity index (χ1n) is 5.99. The molecule has 0 radical (unpaired) electrons. The van der Waals surface area contributed by atoms with Crippen LogP contribution in [0.1, 0.15) is 28.9 Å². The molecule has 2 aromatic rings. The Morgan fingerprint density at radius 3 is 2.79 bits per heavy atom. The summed E-state index contributed by atoms with van der Waals surface area (Å²) in [4.78, 5) is 4.41. The van der Waals surface area contributed by atoms with Crippen LogP contribution in [0.25, 0.3) is 0 Å². The van der Waals surface area contributed by atoms with Crippen LogP contribution in [0.4, 0.5) is 4.39 Å². The molecule has 1 heterocycles. The van der Waals surface area contributed by atoms with Crippen molar-refractivity contribution in [2.45, 2.75) is 25.8 Å². The Hall–Kier alpha value is -1.37. The van der Waals surface area contributed by atoms with Gasteiger partial charge in [-0.1, -0.05) is 12.1 Å². The van der Waals surface area contributed by atoms with Crippen LogP contribution in [0.3, 0.4) is 0 Å². The summed E-state index contributed by atoms with van der Waals surface area (Å²) in [5.41, 5.74) is 12.6. The summed E-state index contributed by atoms with van der Waals surface area (Å²) < 4.78 is 17.5. The van der Waals surface area contributed by atoms with Gasteiger partial charge in [-0.25, -0.2) is 9.37 Å². The minimum absolute atomic E-state index is 0.201. The van der Waals surface area contributed by atoms with Crippen molar-refractivity contribution in [3.8, 4) is 0 Å². The highest BCUT2D eigenvalue weighted by Crippen LogP contribution is 2.20. The Morgan fingerprint density at radius 1 is 1.42 bits per heavy atom. The number of hydrogen-bond acceptors (Lipinski definition) is 5. The Bertz CT molecular complexity index is 580. The van der Waals surface area contributed by atoms with Gasteiger partial charge in [0.05, 0.1) is 5.54 Å². The van der Waals surface area contributed by atoms with Crippen molar-refractivity contribution in [3.63, 3.8) is 0 Å². The molecule has 1 aromatic carbocycles. The first-order chi connectivity index (χ1) is 8.92. The molecule has 1 aromatic heterocycles. The number of nitrogens with two attached hydrogens (primary N) is 2. The number of benzene rings is 1. The maximum atomic E-state index is 13.2. The van der Waals surface area contributed by atoms with E-state index >= 15 is 0 Å². The Labute approximate surface area is 115 Å². The molecule has 2 rings (SSSR count). The highest BCUT2D eigenvalue weighted by molar-refractivity contribution is 7.05. The van der Waals surface area contributed by atoms with E-state index in [4.69, 9.17) is 11.5 Å². The van der Waals surface area contributed by atoms with E-state index in [1.165, 1.54) is 17.6 Å². The van der Waals surface area contributed by atoms with Crippen LogP contribution in [0.2, 0.25) is 0 Å². The lowest BCUT2D eigenvalue weighted by atomic mass is 10.1. The Kier molecular flexibility index (Phi) is 3.93. The zero-order valence-corrected chi connectivity index (χ0v) is 11.8. The van der Waals surface area contributed by atoms with Gasteiger partial charge in [0.2, 0.25) is 0 Å². The van der Waals surface area contributed by atoms with Crippen LogP contribution >= 0.6 is 11.5 Å². The van der Waals surface area contributed by atoms with Crippen LogP contribution in [0, 0.1) is 12.7 Å². The molecular weight excluding hydrogens is 263 g/mol. The molecule has 4 N–H and O–H groups in total. The van der Waals surface area contributed by atoms with E-state index in [1.54, 1.807) is 19.1 Å². The molecule has 1 unspecified atom stereocenters. The summed E-state index contributed by atoms with van der Waals surface area (Å²) >= 11 is 1.27. The van der Waals surface area contributed by atoms with Crippen molar-refractivity contribution in [1.29, 1.82) is 0 Å². The van der Waals surface area contributed by atoms with Crippen LogP contribution in [-0.4, -0.2) is 15.9 Å². The molecular formula is C13H17FN4S. The van der Waals surface area contributed by atoms with E-state index in [2.05, 4.69) is 9.36 Å². The average Bonchev–Trinajstić information content (AvgIpc) is 2.83. The van der Waals surface area contributed by atoms with Gasteiger partial charge in [-0.15, -0.1) is 0 Å². The second-order valence-electron chi connectivity index (χ2n) is 4.90. The number of halogens is 1. The SMILES string of the molecule is Cc1cc(Cc2nsc(C(C)(N)CN)n2)ccc1F. The molecule has 19 heavy (non-hydrogen) atoms. The van der Waals surface area contributed by atoms with E-state index in [9.17, 15) is 4.39 Å². The third kappa shape index (κ3) is 3.15. The van der Waals surface area contributed by atoms with Crippen molar-refractivity contribution >= 4 is 11.5 Å². The van der Waals surface area contributed by atoms with E-state index in [0.717, 1.165) is 10.6 Å². The quantitative estimate of drug-likeness (QED) is 0.893. The number of aryl methyl sites for hydroxylation is 1. The van der Waals surface area contributed by atoms with Crippen molar-refractivity contribution in [1.82, 2.24) is 9.36 Å². The predicted molar refractivity (Wildman–Crippen MR) is 74.4 cm³/mol. The maximum Gasteiger partial charge on any atom is 0.147 e. The molecule has 0 spiro atoms. The number of aromatic nitrogens is 2. The molecule has 0 saturated carbocycles. The minimum atomic E-state index is -0.644. The van der Waals surface area contributed by atoms with Gasteiger partial charge < -0.3 is 11.5 Å². The third-order valence-electron chi connectivity index (χ3n) is 2.97. The van der Waals surface area contributed by atoms with Gasteiger partial charge in [-0.2, -0.15) is 4.37 Å². The molecule has 1 atom stereocenters. The van der Waals surface area contributed by atoms with Gasteiger partial charge in [-0.3, -0.25) is 0 Å². The maximum absolute atomic E-state index is 13.2. The second kappa shape index (κ2) is 5.32. The lowest BCUT2D eigenvalue weighted by Crippen LogP contribution is -2.40. The van der Waals surface area contributed by atoms with Gasteiger partial charge in [0.15, 0.2) is 0 Å². The summed E-state index contributed by atoms with van der Waals surface area (Å²) in [5, 5.41) is 0.726. The monoisotopic (exact) mass is 280 g/mol. The van der Waals surface area contributed by atoms with Gasteiger partial charge in [-0.05, 0) is 42.6 Å². The highest BCUT2D eigenvalue weighted by Gasteiger charge is 2.24. The van der Waals surface area contributed by atoms with Crippen molar-refractivity contribution in [3.05, 3.63) is 46.0 Å². The fourth-order valence-electron chi connectivity index (χ4n) is 1.64. The zero-order valence-electron chi connectivity index (χ0n) is 11.0. The molecule has 0 amide bonds. The fourth-order valence-corrected chi connectivity index (χ4v) is 2.38. The first-order valence-corrected chi connectivity index (χ1v) is 6.77. The molecule has 102 valence electrons. The van der Waals surface area contributed by atoms with E-state index in [-0.39, 0.29) is 5.82 Å². The van der Waals surface area contributed by atoms with E-state index < -0.39 is 5.54 Å². The standard InChI is InChI=1S/C13H17FN4S/c1-8-5-9(3-4-10(8)14)6-11-17-12(19-18-11)13(2,16)7-15/h3-5H,6-7,15-16H2,1-2H3. The van der Waals surface area contributed by atoms with Crippen LogP contribution in [0.15, 0.2) is 18.2 Å². The molecule has 0 fully saturated rings. The third-order valence-corrected chi connectivity index (χ3v) is 4.00. The normalized spacial score (nSPS) is 14.4. The summed E-state index contributed by atoms with van der Waals surface area (Å²) in [6.07, 6.45) is 0.568. The largest absolute Gasteiger partial charge is 0.328 e. The summed E-state index contributed by atoms with van der Waals surface area (Å²) in [5.74, 6) is 0.490. The molecule has 4 nitrogen and oxygen atoms in total. The van der Waals surface area contributed by atoms with Gasteiger partial charge >= 0.3 is 0 Å². The van der Waals surface area contributed by atoms with E-state index in [0.29, 0.717) is 24.4 Å². The molecule has 6 heteroatoms. The van der Waals surface area contributed by atoms with Crippen LogP contribution < -0.4 is 11.5 Å². The van der Waals surface area contributed by atoms with Crippen molar-refractivity contribution in [2.24, 2.45) is 11.5 Å². The first kappa shape index (κ1) is 14.0. The Morgan fingerprint density at radius 2 is 2.16 bits per heavy atom. The van der Waals surface area contributed by atoms with Gasteiger partial charge in [0.25, 0.3) is 0 Å². The summed E-state index contributed by atoms with van der Waals surface area (Å²) in [6, 6.07) is 5.01. The summed E-state index contributed by atoms with van der Waals surface area (Å²) in [6.45, 7) is 3.89.